The lowest BCUT2D eigenvalue weighted by Crippen LogP contribution is -2.36. The highest BCUT2D eigenvalue weighted by Gasteiger charge is 2.45. The first kappa shape index (κ1) is 18.6. The minimum absolute atomic E-state index is 0.260. The smallest absolute Gasteiger partial charge is 0.263 e. The number of aromatic amines is 1. The van der Waals surface area contributed by atoms with Crippen LogP contribution in [0.3, 0.4) is 0 Å². The summed E-state index contributed by atoms with van der Waals surface area (Å²) in [4.78, 5) is 30.4. The van der Waals surface area contributed by atoms with Crippen LogP contribution in [0.25, 0.3) is 11.0 Å². The molecule has 1 saturated heterocycles. The molecule has 156 valence electrons. The first-order chi connectivity index (χ1) is 14.7. The predicted molar refractivity (Wildman–Crippen MR) is 119 cm³/mol. The van der Waals surface area contributed by atoms with Crippen LogP contribution in [-0.4, -0.2) is 38.8 Å². The van der Waals surface area contributed by atoms with Crippen LogP contribution in [0.4, 0.5) is 0 Å². The molecule has 1 unspecified atom stereocenters. The monoisotopic (exact) mass is 420 g/mol. The van der Waals surface area contributed by atoms with Gasteiger partial charge >= 0.3 is 0 Å². The average Bonchev–Trinajstić information content (AvgIpc) is 3.12. The molecule has 1 aliphatic heterocycles. The van der Waals surface area contributed by atoms with Crippen molar-refractivity contribution in [1.29, 1.82) is 0 Å². The molecule has 30 heavy (non-hydrogen) atoms. The van der Waals surface area contributed by atoms with Gasteiger partial charge in [0.1, 0.15) is 12.0 Å². The zero-order valence-corrected chi connectivity index (χ0v) is 18.1. The lowest BCUT2D eigenvalue weighted by atomic mass is 9.91. The summed E-state index contributed by atoms with van der Waals surface area (Å²) in [5.41, 5.74) is 3.86. The predicted octanol–water partition coefficient (Wildman–Crippen LogP) is 5.09. The van der Waals surface area contributed by atoms with Gasteiger partial charge in [0.15, 0.2) is 0 Å². The normalized spacial score (nSPS) is 23.2. The molecule has 1 N–H and O–H groups in total. The van der Waals surface area contributed by atoms with Crippen LogP contribution < -0.4 is 0 Å². The Morgan fingerprint density at radius 2 is 2.10 bits per heavy atom. The summed E-state index contributed by atoms with van der Waals surface area (Å²) in [5.74, 6) is 0.639. The maximum Gasteiger partial charge on any atom is 0.263 e. The molecular weight excluding hydrogens is 392 g/mol. The molecule has 4 heterocycles. The van der Waals surface area contributed by atoms with E-state index in [1.807, 2.05) is 6.20 Å². The fraction of sp³-hybridized carbons (Fsp3) is 0.542. The van der Waals surface area contributed by atoms with Crippen LogP contribution in [0.1, 0.15) is 76.7 Å². The molecule has 1 atom stereocenters. The van der Waals surface area contributed by atoms with Gasteiger partial charge in [0.2, 0.25) is 0 Å². The number of hydrogen-bond acceptors (Lipinski definition) is 4. The van der Waals surface area contributed by atoms with Crippen molar-refractivity contribution in [3.63, 3.8) is 0 Å². The molecule has 3 aromatic heterocycles. The highest BCUT2D eigenvalue weighted by atomic mass is 32.1. The number of fused-ring (bicyclic) bond motifs is 2. The highest BCUT2D eigenvalue weighted by molar-refractivity contribution is 7.14. The number of nitrogens with one attached hydrogen (secondary N) is 1. The van der Waals surface area contributed by atoms with E-state index >= 15 is 0 Å². The van der Waals surface area contributed by atoms with Gasteiger partial charge in [-0.2, -0.15) is 0 Å². The number of hydrogen-bond donors (Lipinski definition) is 1. The van der Waals surface area contributed by atoms with Crippen LogP contribution in [0.2, 0.25) is 0 Å². The lowest BCUT2D eigenvalue weighted by molar-refractivity contribution is 0.0719. The van der Waals surface area contributed by atoms with Gasteiger partial charge in [0.25, 0.3) is 5.91 Å². The number of rotatable bonds is 2. The van der Waals surface area contributed by atoms with Crippen LogP contribution in [-0.2, 0) is 12.8 Å². The second-order valence-electron chi connectivity index (χ2n) is 9.52. The van der Waals surface area contributed by atoms with Gasteiger partial charge in [0.05, 0.1) is 10.6 Å². The van der Waals surface area contributed by atoms with Crippen molar-refractivity contribution >= 4 is 28.3 Å². The number of aromatic nitrogens is 3. The number of aryl methyl sites for hydroxylation is 2. The molecule has 3 aromatic rings. The van der Waals surface area contributed by atoms with E-state index in [2.05, 4.69) is 32.0 Å². The Kier molecular flexibility index (Phi) is 4.44. The van der Waals surface area contributed by atoms with Crippen molar-refractivity contribution in [3.05, 3.63) is 45.7 Å². The summed E-state index contributed by atoms with van der Waals surface area (Å²) in [5, 5.41) is 1.13. The van der Waals surface area contributed by atoms with E-state index in [-0.39, 0.29) is 5.91 Å². The maximum atomic E-state index is 13.5. The van der Waals surface area contributed by atoms with Crippen molar-refractivity contribution in [3.8, 4) is 0 Å². The van der Waals surface area contributed by atoms with E-state index in [4.69, 9.17) is 0 Å². The van der Waals surface area contributed by atoms with Crippen LogP contribution in [0, 0.1) is 5.41 Å². The summed E-state index contributed by atoms with van der Waals surface area (Å²) in [6, 6.07) is 4.28. The number of thiophene rings is 1. The lowest BCUT2D eigenvalue weighted by Gasteiger charge is -2.27. The van der Waals surface area contributed by atoms with Crippen LogP contribution in [0.15, 0.2) is 24.7 Å². The van der Waals surface area contributed by atoms with Crippen LogP contribution >= 0.6 is 11.3 Å². The minimum Gasteiger partial charge on any atom is -0.346 e. The molecule has 2 fully saturated rings. The van der Waals surface area contributed by atoms with Gasteiger partial charge < -0.3 is 9.88 Å². The topological polar surface area (TPSA) is 61.9 Å². The zero-order chi connectivity index (χ0) is 20.1. The van der Waals surface area contributed by atoms with Crippen molar-refractivity contribution in [2.45, 2.75) is 63.7 Å². The molecule has 1 amide bonds. The second-order valence-corrected chi connectivity index (χ2v) is 10.7. The third kappa shape index (κ3) is 3.25. The molecule has 0 bridgehead atoms. The van der Waals surface area contributed by atoms with Gasteiger partial charge in [-0.1, -0.05) is 6.42 Å². The first-order valence-electron chi connectivity index (χ1n) is 11.4. The number of carbonyl (C=O) groups excluding carboxylic acids is 1. The molecule has 1 spiro atoms. The molecule has 0 aromatic carbocycles. The Bertz CT molecular complexity index is 1070. The van der Waals surface area contributed by atoms with Crippen molar-refractivity contribution in [1.82, 2.24) is 19.9 Å². The first-order valence-corrected chi connectivity index (χ1v) is 12.2. The summed E-state index contributed by atoms with van der Waals surface area (Å²) in [6.45, 7) is 1.76. The largest absolute Gasteiger partial charge is 0.346 e. The molecule has 6 heteroatoms. The number of nitrogens with zero attached hydrogens (tertiary/aromatic N) is 3. The Hall–Kier alpha value is -2.21. The third-order valence-corrected chi connectivity index (χ3v) is 8.73. The van der Waals surface area contributed by atoms with E-state index in [0.29, 0.717) is 11.3 Å². The zero-order valence-electron chi connectivity index (χ0n) is 17.3. The Labute approximate surface area is 180 Å². The summed E-state index contributed by atoms with van der Waals surface area (Å²) < 4.78 is 0. The minimum atomic E-state index is 0.260. The SMILES string of the molecule is O=C(c1cc2c(s1)CCC2)N1CCC(c2ncnc3[nH]ccc23)CCCC2(CC2)C1. The average molecular weight is 421 g/mol. The molecule has 3 aliphatic rings. The van der Waals surface area contributed by atoms with Crippen molar-refractivity contribution in [2.75, 3.05) is 13.1 Å². The quantitative estimate of drug-likeness (QED) is 0.628. The molecule has 5 nitrogen and oxygen atoms in total. The molecule has 0 radical (unpaired) electrons. The Balaban J connectivity index is 1.28. The van der Waals surface area contributed by atoms with Gasteiger partial charge in [0, 0.05) is 35.5 Å². The van der Waals surface area contributed by atoms with Gasteiger partial charge in [-0.15, -0.1) is 11.3 Å². The van der Waals surface area contributed by atoms with Crippen molar-refractivity contribution < 1.29 is 4.79 Å². The number of H-pyrrole nitrogens is 1. The maximum absolute atomic E-state index is 13.5. The highest BCUT2D eigenvalue weighted by Crippen LogP contribution is 2.52. The van der Waals surface area contributed by atoms with Gasteiger partial charge in [-0.05, 0) is 74.5 Å². The van der Waals surface area contributed by atoms with E-state index in [9.17, 15) is 4.79 Å². The summed E-state index contributed by atoms with van der Waals surface area (Å²) in [6.07, 6.45) is 14.3. The summed E-state index contributed by atoms with van der Waals surface area (Å²) >= 11 is 1.75. The van der Waals surface area contributed by atoms with Gasteiger partial charge in [-0.3, -0.25) is 4.79 Å². The molecule has 6 rings (SSSR count). The molecule has 1 saturated carbocycles. The number of amides is 1. The Morgan fingerprint density at radius 3 is 2.97 bits per heavy atom. The second kappa shape index (κ2) is 7.19. The van der Waals surface area contributed by atoms with E-state index < -0.39 is 0 Å². The third-order valence-electron chi connectivity index (χ3n) is 7.51. The van der Waals surface area contributed by atoms with Crippen LogP contribution in [0.5, 0.6) is 0 Å². The Morgan fingerprint density at radius 1 is 1.17 bits per heavy atom. The molecule has 2 aliphatic carbocycles. The van der Waals surface area contributed by atoms with Crippen molar-refractivity contribution in [2.24, 2.45) is 5.41 Å². The summed E-state index contributed by atoms with van der Waals surface area (Å²) in [7, 11) is 0. The van der Waals surface area contributed by atoms with Gasteiger partial charge in [-0.25, -0.2) is 9.97 Å². The van der Waals surface area contributed by atoms with E-state index in [1.165, 1.54) is 42.5 Å². The molecular formula is C24H28N4OS. The van der Waals surface area contributed by atoms with E-state index in [0.717, 1.165) is 60.4 Å². The fourth-order valence-electron chi connectivity index (χ4n) is 5.58. The van der Waals surface area contributed by atoms with E-state index in [1.54, 1.807) is 17.7 Å². The standard InChI is InChI=1S/C24H28N4OS/c29-23(20-13-17-3-1-5-19(17)30-20)28-12-7-16(4-2-8-24(14-28)9-10-24)21-18-6-11-25-22(18)27-15-26-21/h6,11,13,15-16H,1-5,7-10,12,14H2,(H,25,26,27). The fourth-order valence-corrected chi connectivity index (χ4v) is 6.80. The number of carbonyl (C=O) groups is 1.